The number of aryl methyl sites for hydroxylation is 1. The van der Waals surface area contributed by atoms with E-state index in [9.17, 15) is 9.59 Å². The molecule has 1 aromatic carbocycles. The zero-order valence-corrected chi connectivity index (χ0v) is 12.3. The van der Waals surface area contributed by atoms with Crippen molar-refractivity contribution in [1.29, 1.82) is 0 Å². The summed E-state index contributed by atoms with van der Waals surface area (Å²) < 4.78 is 5.31. The van der Waals surface area contributed by atoms with Crippen LogP contribution in [0.1, 0.15) is 34.5 Å². The van der Waals surface area contributed by atoms with Crippen LogP contribution in [0, 0.1) is 6.92 Å². The number of ether oxygens (including phenoxy) is 1. The molecule has 0 spiro atoms. The van der Waals surface area contributed by atoms with Gasteiger partial charge in [-0.3, -0.25) is 9.59 Å². The molecular formula is C16H18N2O3. The van der Waals surface area contributed by atoms with Gasteiger partial charge in [-0.25, -0.2) is 0 Å². The van der Waals surface area contributed by atoms with Crippen LogP contribution >= 0.6 is 0 Å². The van der Waals surface area contributed by atoms with E-state index in [4.69, 9.17) is 4.74 Å². The van der Waals surface area contributed by atoms with E-state index in [1.165, 1.54) is 18.5 Å². The SMILES string of the molecule is COc1ccc(C)cc1C(C)NC(=O)c1c[nH]ccc1=O. The Hall–Kier alpha value is -2.56. The summed E-state index contributed by atoms with van der Waals surface area (Å²) >= 11 is 0. The van der Waals surface area contributed by atoms with Gasteiger partial charge in [0.1, 0.15) is 11.3 Å². The van der Waals surface area contributed by atoms with Crippen LogP contribution in [0.2, 0.25) is 0 Å². The Labute approximate surface area is 123 Å². The van der Waals surface area contributed by atoms with Crippen LogP contribution in [0.15, 0.2) is 41.5 Å². The second kappa shape index (κ2) is 6.26. The standard InChI is InChI=1S/C16H18N2O3/c1-10-4-5-15(21-3)12(8-10)11(2)18-16(20)13-9-17-7-6-14(13)19/h4-9,11H,1-3H3,(H,17,19)(H,18,20). The second-order valence-electron chi connectivity index (χ2n) is 4.86. The lowest BCUT2D eigenvalue weighted by Crippen LogP contribution is -2.30. The van der Waals surface area contributed by atoms with Gasteiger partial charge in [0.15, 0.2) is 5.43 Å². The highest BCUT2D eigenvalue weighted by molar-refractivity contribution is 5.94. The third kappa shape index (κ3) is 3.31. The molecule has 0 saturated heterocycles. The van der Waals surface area contributed by atoms with E-state index in [1.54, 1.807) is 7.11 Å². The summed E-state index contributed by atoms with van der Waals surface area (Å²) in [5.74, 6) is 0.295. The van der Waals surface area contributed by atoms with Gasteiger partial charge in [-0.2, -0.15) is 0 Å². The molecule has 0 radical (unpaired) electrons. The Morgan fingerprint density at radius 1 is 1.33 bits per heavy atom. The molecule has 1 atom stereocenters. The van der Waals surface area contributed by atoms with Gasteiger partial charge in [-0.05, 0) is 19.9 Å². The summed E-state index contributed by atoms with van der Waals surface area (Å²) in [6.07, 6.45) is 2.89. The zero-order valence-electron chi connectivity index (χ0n) is 12.3. The van der Waals surface area contributed by atoms with Crippen LogP contribution in [-0.2, 0) is 0 Å². The molecule has 5 heteroatoms. The van der Waals surface area contributed by atoms with E-state index in [2.05, 4.69) is 10.3 Å². The van der Waals surface area contributed by atoms with Crippen LogP contribution in [0.5, 0.6) is 5.75 Å². The molecule has 0 saturated carbocycles. The first-order chi connectivity index (χ1) is 10.0. The molecule has 2 N–H and O–H groups in total. The molecule has 1 unspecified atom stereocenters. The third-order valence-corrected chi connectivity index (χ3v) is 3.27. The average molecular weight is 286 g/mol. The van der Waals surface area contributed by atoms with Gasteiger partial charge in [0.2, 0.25) is 0 Å². The van der Waals surface area contributed by atoms with E-state index >= 15 is 0 Å². The minimum Gasteiger partial charge on any atom is -0.496 e. The Bertz CT molecular complexity index is 707. The molecule has 0 aliphatic rings. The number of aromatic nitrogens is 1. The first-order valence-electron chi connectivity index (χ1n) is 6.65. The average Bonchev–Trinajstić information content (AvgIpc) is 2.47. The second-order valence-corrected chi connectivity index (χ2v) is 4.86. The summed E-state index contributed by atoms with van der Waals surface area (Å²) in [4.78, 5) is 26.6. The van der Waals surface area contributed by atoms with E-state index in [0.717, 1.165) is 11.1 Å². The number of rotatable bonds is 4. The number of amides is 1. The Balaban J connectivity index is 2.24. The Kier molecular flexibility index (Phi) is 4.42. The Morgan fingerprint density at radius 3 is 2.76 bits per heavy atom. The van der Waals surface area contributed by atoms with Crippen molar-refractivity contribution in [2.24, 2.45) is 0 Å². The van der Waals surface area contributed by atoms with Gasteiger partial charge in [-0.1, -0.05) is 17.7 Å². The Morgan fingerprint density at radius 2 is 2.10 bits per heavy atom. The zero-order chi connectivity index (χ0) is 15.4. The monoisotopic (exact) mass is 286 g/mol. The molecule has 0 aliphatic carbocycles. The normalized spacial score (nSPS) is 11.8. The smallest absolute Gasteiger partial charge is 0.257 e. The van der Waals surface area contributed by atoms with E-state index in [-0.39, 0.29) is 17.0 Å². The molecule has 0 bridgehead atoms. The maximum absolute atomic E-state index is 12.2. The van der Waals surface area contributed by atoms with E-state index in [0.29, 0.717) is 5.75 Å². The van der Waals surface area contributed by atoms with Crippen molar-refractivity contribution in [1.82, 2.24) is 10.3 Å². The summed E-state index contributed by atoms with van der Waals surface area (Å²) in [7, 11) is 1.59. The van der Waals surface area contributed by atoms with Crippen molar-refractivity contribution < 1.29 is 9.53 Å². The number of methoxy groups -OCH3 is 1. The quantitative estimate of drug-likeness (QED) is 0.905. The van der Waals surface area contributed by atoms with Gasteiger partial charge < -0.3 is 15.0 Å². The fourth-order valence-electron chi connectivity index (χ4n) is 2.14. The maximum atomic E-state index is 12.2. The van der Waals surface area contributed by atoms with Crippen LogP contribution in [0.25, 0.3) is 0 Å². The number of hydrogen-bond donors (Lipinski definition) is 2. The highest BCUT2D eigenvalue weighted by atomic mass is 16.5. The van der Waals surface area contributed by atoms with Crippen molar-refractivity contribution in [2.75, 3.05) is 7.11 Å². The number of benzene rings is 1. The topological polar surface area (TPSA) is 71.2 Å². The lowest BCUT2D eigenvalue weighted by atomic mass is 10.0. The number of hydrogen-bond acceptors (Lipinski definition) is 3. The molecule has 0 fully saturated rings. The van der Waals surface area contributed by atoms with Crippen molar-refractivity contribution >= 4 is 5.91 Å². The molecule has 21 heavy (non-hydrogen) atoms. The highest BCUT2D eigenvalue weighted by Gasteiger charge is 2.16. The maximum Gasteiger partial charge on any atom is 0.257 e. The number of aromatic amines is 1. The summed E-state index contributed by atoms with van der Waals surface area (Å²) in [5.41, 5.74) is 1.73. The fourth-order valence-corrected chi connectivity index (χ4v) is 2.14. The number of pyridine rings is 1. The number of nitrogens with one attached hydrogen (secondary N) is 2. The van der Waals surface area contributed by atoms with Crippen LogP contribution in [0.4, 0.5) is 0 Å². The molecule has 110 valence electrons. The molecule has 1 heterocycles. The summed E-state index contributed by atoms with van der Waals surface area (Å²) in [6.45, 7) is 3.83. The minimum absolute atomic E-state index is 0.0935. The van der Waals surface area contributed by atoms with Crippen molar-refractivity contribution in [3.63, 3.8) is 0 Å². The largest absolute Gasteiger partial charge is 0.496 e. The van der Waals surface area contributed by atoms with E-state index < -0.39 is 5.91 Å². The minimum atomic E-state index is -0.409. The summed E-state index contributed by atoms with van der Waals surface area (Å²) in [5, 5.41) is 2.82. The molecule has 1 aromatic heterocycles. The van der Waals surface area contributed by atoms with Crippen molar-refractivity contribution in [3.05, 3.63) is 63.6 Å². The van der Waals surface area contributed by atoms with Gasteiger partial charge in [0.05, 0.1) is 13.2 Å². The van der Waals surface area contributed by atoms with Crippen molar-refractivity contribution in [3.8, 4) is 5.75 Å². The van der Waals surface area contributed by atoms with Gasteiger partial charge in [0, 0.05) is 24.0 Å². The highest BCUT2D eigenvalue weighted by Crippen LogP contribution is 2.26. The lowest BCUT2D eigenvalue weighted by Gasteiger charge is -2.17. The number of carbonyl (C=O) groups excluding carboxylic acids is 1. The summed E-state index contributed by atoms with van der Waals surface area (Å²) in [6, 6.07) is 6.82. The number of H-pyrrole nitrogens is 1. The molecule has 2 aromatic rings. The van der Waals surface area contributed by atoms with Crippen LogP contribution in [-0.4, -0.2) is 18.0 Å². The third-order valence-electron chi connectivity index (χ3n) is 3.27. The van der Waals surface area contributed by atoms with Crippen molar-refractivity contribution in [2.45, 2.75) is 19.9 Å². The predicted octanol–water partition coefficient (Wildman–Crippen LogP) is 2.18. The molecular weight excluding hydrogens is 268 g/mol. The van der Waals surface area contributed by atoms with Crippen LogP contribution < -0.4 is 15.5 Å². The predicted molar refractivity (Wildman–Crippen MR) is 80.7 cm³/mol. The van der Waals surface area contributed by atoms with Gasteiger partial charge in [0.25, 0.3) is 5.91 Å². The lowest BCUT2D eigenvalue weighted by molar-refractivity contribution is 0.0938. The van der Waals surface area contributed by atoms with E-state index in [1.807, 2.05) is 32.0 Å². The molecule has 5 nitrogen and oxygen atoms in total. The first-order valence-corrected chi connectivity index (χ1v) is 6.65. The molecule has 2 rings (SSSR count). The fraction of sp³-hybridized carbons (Fsp3) is 0.250. The van der Waals surface area contributed by atoms with Crippen LogP contribution in [0.3, 0.4) is 0 Å². The molecule has 1 amide bonds. The van der Waals surface area contributed by atoms with Gasteiger partial charge in [-0.15, -0.1) is 0 Å². The molecule has 0 aliphatic heterocycles. The van der Waals surface area contributed by atoms with Gasteiger partial charge >= 0.3 is 0 Å². The first kappa shape index (κ1) is 14.8. The number of carbonyl (C=O) groups is 1.